The largest absolute Gasteiger partial charge is 0.405 e. The molecule has 0 saturated carbocycles. The van der Waals surface area contributed by atoms with E-state index in [-0.39, 0.29) is 0 Å². The average Bonchev–Trinajstić information content (AvgIpc) is 2.36. The standard InChI is InChI=1S/C14H16N2O/c1-3-14(16-11(2)8-9-15)13-6-4-12(10-17)5-7-13/h4-10H,2-3,15H2,1H3/b9-8-,16-14?. The number of rotatable bonds is 5. The molecule has 3 heteroatoms. The minimum absolute atomic E-state index is 0.615. The van der Waals surface area contributed by atoms with Crippen molar-refractivity contribution < 1.29 is 4.79 Å². The van der Waals surface area contributed by atoms with Crippen LogP contribution in [0.4, 0.5) is 0 Å². The van der Waals surface area contributed by atoms with Gasteiger partial charge in [-0.1, -0.05) is 37.8 Å². The molecular formula is C14H16N2O. The Balaban J connectivity index is 3.00. The van der Waals surface area contributed by atoms with Gasteiger partial charge in [-0.3, -0.25) is 9.79 Å². The molecule has 88 valence electrons. The third kappa shape index (κ3) is 3.72. The number of allylic oxidation sites excluding steroid dienone is 1. The fraction of sp³-hybridized carbons (Fsp3) is 0.143. The maximum absolute atomic E-state index is 10.6. The van der Waals surface area contributed by atoms with Crippen LogP contribution in [0.3, 0.4) is 0 Å². The summed E-state index contributed by atoms with van der Waals surface area (Å²) in [5.74, 6) is 0. The van der Waals surface area contributed by atoms with Crippen molar-refractivity contribution in [2.75, 3.05) is 0 Å². The van der Waals surface area contributed by atoms with Gasteiger partial charge in [-0.2, -0.15) is 0 Å². The van der Waals surface area contributed by atoms with Crippen molar-refractivity contribution in [3.63, 3.8) is 0 Å². The van der Waals surface area contributed by atoms with Crippen LogP contribution in [0.5, 0.6) is 0 Å². The first-order valence-electron chi connectivity index (χ1n) is 5.41. The topological polar surface area (TPSA) is 55.4 Å². The molecule has 0 radical (unpaired) electrons. The molecule has 0 aliphatic heterocycles. The van der Waals surface area contributed by atoms with Crippen molar-refractivity contribution in [1.29, 1.82) is 0 Å². The normalized spacial score (nSPS) is 11.7. The highest BCUT2D eigenvalue weighted by Gasteiger charge is 2.01. The summed E-state index contributed by atoms with van der Waals surface area (Å²) in [6, 6.07) is 7.31. The summed E-state index contributed by atoms with van der Waals surface area (Å²) in [6.45, 7) is 5.80. The van der Waals surface area contributed by atoms with E-state index in [0.29, 0.717) is 11.3 Å². The summed E-state index contributed by atoms with van der Waals surface area (Å²) in [6.07, 6.45) is 4.67. The third-order valence-corrected chi connectivity index (χ3v) is 2.28. The molecule has 1 rings (SSSR count). The van der Waals surface area contributed by atoms with Crippen LogP contribution in [0.1, 0.15) is 29.3 Å². The smallest absolute Gasteiger partial charge is 0.150 e. The Morgan fingerprint density at radius 2 is 2.06 bits per heavy atom. The van der Waals surface area contributed by atoms with Crippen LogP contribution < -0.4 is 5.73 Å². The molecule has 2 N–H and O–H groups in total. The molecule has 0 heterocycles. The van der Waals surface area contributed by atoms with E-state index < -0.39 is 0 Å². The van der Waals surface area contributed by atoms with E-state index in [2.05, 4.69) is 11.6 Å². The molecule has 0 aliphatic rings. The first-order valence-corrected chi connectivity index (χ1v) is 5.41. The maximum atomic E-state index is 10.6. The lowest BCUT2D eigenvalue weighted by Gasteiger charge is -2.04. The van der Waals surface area contributed by atoms with Crippen molar-refractivity contribution in [2.24, 2.45) is 10.7 Å². The molecule has 1 aromatic rings. The first-order chi connectivity index (χ1) is 8.21. The molecule has 0 spiro atoms. The van der Waals surface area contributed by atoms with E-state index >= 15 is 0 Å². The summed E-state index contributed by atoms with van der Waals surface area (Å²) in [5, 5.41) is 0. The Morgan fingerprint density at radius 3 is 2.53 bits per heavy atom. The van der Waals surface area contributed by atoms with Gasteiger partial charge in [0.15, 0.2) is 0 Å². The lowest BCUT2D eigenvalue weighted by molar-refractivity contribution is 0.112. The van der Waals surface area contributed by atoms with Gasteiger partial charge in [0.25, 0.3) is 0 Å². The highest BCUT2D eigenvalue weighted by atomic mass is 16.1. The lowest BCUT2D eigenvalue weighted by atomic mass is 10.1. The number of carbonyl (C=O) groups excluding carboxylic acids is 1. The lowest BCUT2D eigenvalue weighted by Crippen LogP contribution is -1.99. The van der Waals surface area contributed by atoms with Gasteiger partial charge in [-0.25, -0.2) is 0 Å². The van der Waals surface area contributed by atoms with Crippen LogP contribution in [0, 0.1) is 0 Å². The van der Waals surface area contributed by atoms with Crippen LogP contribution >= 0.6 is 0 Å². The Bertz CT molecular complexity index is 456. The van der Waals surface area contributed by atoms with Crippen molar-refractivity contribution in [3.8, 4) is 0 Å². The number of carbonyl (C=O) groups is 1. The fourth-order valence-corrected chi connectivity index (χ4v) is 1.42. The molecule has 0 aromatic heterocycles. The van der Waals surface area contributed by atoms with E-state index in [1.165, 1.54) is 6.20 Å². The summed E-state index contributed by atoms with van der Waals surface area (Å²) in [7, 11) is 0. The molecule has 0 saturated heterocycles. The van der Waals surface area contributed by atoms with E-state index in [4.69, 9.17) is 5.73 Å². The molecule has 0 unspecified atom stereocenters. The zero-order valence-corrected chi connectivity index (χ0v) is 9.89. The Morgan fingerprint density at radius 1 is 1.41 bits per heavy atom. The monoisotopic (exact) mass is 228 g/mol. The number of aliphatic imine (C=N–C) groups is 1. The molecule has 0 atom stereocenters. The zero-order chi connectivity index (χ0) is 12.7. The first kappa shape index (κ1) is 12.9. The van der Waals surface area contributed by atoms with E-state index in [9.17, 15) is 4.79 Å². The zero-order valence-electron chi connectivity index (χ0n) is 9.89. The van der Waals surface area contributed by atoms with E-state index in [1.807, 2.05) is 19.1 Å². The van der Waals surface area contributed by atoms with Crippen molar-refractivity contribution >= 4 is 12.0 Å². The molecule has 0 bridgehead atoms. The minimum Gasteiger partial charge on any atom is -0.405 e. The predicted octanol–water partition coefficient (Wildman–Crippen LogP) is 2.68. The van der Waals surface area contributed by atoms with Gasteiger partial charge in [0, 0.05) is 11.3 Å². The van der Waals surface area contributed by atoms with Crippen LogP contribution in [0.2, 0.25) is 0 Å². The van der Waals surface area contributed by atoms with E-state index in [0.717, 1.165) is 24.0 Å². The second kappa shape index (κ2) is 6.43. The highest BCUT2D eigenvalue weighted by Crippen LogP contribution is 2.09. The molecule has 1 aromatic carbocycles. The summed E-state index contributed by atoms with van der Waals surface area (Å²) < 4.78 is 0. The number of hydrogen-bond acceptors (Lipinski definition) is 3. The molecule has 0 fully saturated rings. The van der Waals surface area contributed by atoms with Crippen molar-refractivity contribution in [3.05, 3.63) is 59.9 Å². The van der Waals surface area contributed by atoms with Gasteiger partial charge >= 0.3 is 0 Å². The quantitative estimate of drug-likeness (QED) is 0.478. The number of aldehydes is 1. The average molecular weight is 228 g/mol. The molecule has 0 amide bonds. The molecule has 3 nitrogen and oxygen atoms in total. The minimum atomic E-state index is 0.615. The van der Waals surface area contributed by atoms with Crippen molar-refractivity contribution in [2.45, 2.75) is 13.3 Å². The third-order valence-electron chi connectivity index (χ3n) is 2.28. The van der Waals surface area contributed by atoms with Crippen LogP contribution in [-0.4, -0.2) is 12.0 Å². The van der Waals surface area contributed by atoms with Gasteiger partial charge in [0.05, 0.1) is 5.70 Å². The summed E-state index contributed by atoms with van der Waals surface area (Å²) >= 11 is 0. The van der Waals surface area contributed by atoms with Crippen molar-refractivity contribution in [1.82, 2.24) is 0 Å². The Hall–Kier alpha value is -2.16. The number of nitrogens with zero attached hydrogens (tertiary/aromatic N) is 1. The molecule has 17 heavy (non-hydrogen) atoms. The maximum Gasteiger partial charge on any atom is 0.150 e. The van der Waals surface area contributed by atoms with Gasteiger partial charge in [-0.05, 0) is 24.3 Å². The fourth-order valence-electron chi connectivity index (χ4n) is 1.42. The summed E-state index contributed by atoms with van der Waals surface area (Å²) in [4.78, 5) is 14.9. The van der Waals surface area contributed by atoms with Crippen LogP contribution in [0.25, 0.3) is 0 Å². The van der Waals surface area contributed by atoms with Gasteiger partial charge in [0.2, 0.25) is 0 Å². The Labute approximate surface area is 101 Å². The number of benzene rings is 1. The number of hydrogen-bond donors (Lipinski definition) is 1. The number of nitrogens with two attached hydrogens (primary N) is 1. The Kier molecular flexibility index (Phi) is 4.88. The summed E-state index contributed by atoms with van der Waals surface area (Å²) in [5.41, 5.74) is 8.46. The predicted molar refractivity (Wildman–Crippen MR) is 71.1 cm³/mol. The second-order valence-corrected chi connectivity index (χ2v) is 3.50. The second-order valence-electron chi connectivity index (χ2n) is 3.50. The van der Waals surface area contributed by atoms with Crippen LogP contribution in [-0.2, 0) is 0 Å². The van der Waals surface area contributed by atoms with E-state index in [1.54, 1.807) is 18.2 Å². The van der Waals surface area contributed by atoms with Gasteiger partial charge < -0.3 is 5.73 Å². The van der Waals surface area contributed by atoms with Gasteiger partial charge in [-0.15, -0.1) is 0 Å². The molecular weight excluding hydrogens is 212 g/mol. The van der Waals surface area contributed by atoms with Gasteiger partial charge in [0.1, 0.15) is 6.29 Å². The molecule has 0 aliphatic carbocycles. The van der Waals surface area contributed by atoms with Crippen LogP contribution in [0.15, 0.2) is 53.8 Å². The highest BCUT2D eigenvalue weighted by molar-refractivity contribution is 6.01. The SMILES string of the molecule is C=C(/C=C\N)N=C(CC)c1ccc(C=O)cc1.